The van der Waals surface area contributed by atoms with Crippen LogP contribution < -0.4 is 5.32 Å². The molecule has 2 atom stereocenters. The molecule has 1 aromatic rings. The van der Waals surface area contributed by atoms with Gasteiger partial charge in [-0.25, -0.2) is 4.98 Å². The minimum atomic E-state index is 0.150. The highest BCUT2D eigenvalue weighted by atomic mass is 32.1. The SMILES string of the molecule is Cc1nc(C)c(C(C)NC(CO)C(C)C)s1. The van der Waals surface area contributed by atoms with Gasteiger partial charge in [0.2, 0.25) is 0 Å². The Morgan fingerprint density at radius 2 is 1.94 bits per heavy atom. The molecule has 0 aromatic carbocycles. The van der Waals surface area contributed by atoms with Crippen LogP contribution >= 0.6 is 11.3 Å². The summed E-state index contributed by atoms with van der Waals surface area (Å²) in [5.41, 5.74) is 1.10. The van der Waals surface area contributed by atoms with Crippen molar-refractivity contribution in [2.45, 2.75) is 46.7 Å². The average Bonchev–Trinajstić information content (AvgIpc) is 2.53. The van der Waals surface area contributed by atoms with E-state index in [1.54, 1.807) is 11.3 Å². The highest BCUT2D eigenvalue weighted by Crippen LogP contribution is 2.25. The lowest BCUT2D eigenvalue weighted by Crippen LogP contribution is -2.38. The van der Waals surface area contributed by atoms with Crippen molar-refractivity contribution in [1.29, 1.82) is 0 Å². The molecule has 2 N–H and O–H groups in total. The number of hydrogen-bond acceptors (Lipinski definition) is 4. The van der Waals surface area contributed by atoms with E-state index in [1.165, 1.54) is 4.88 Å². The molecule has 0 aliphatic heterocycles. The van der Waals surface area contributed by atoms with E-state index in [2.05, 4.69) is 31.1 Å². The quantitative estimate of drug-likeness (QED) is 0.833. The summed E-state index contributed by atoms with van der Waals surface area (Å²) in [6.07, 6.45) is 0. The van der Waals surface area contributed by atoms with Crippen LogP contribution in [0.15, 0.2) is 0 Å². The normalized spacial score (nSPS) is 15.4. The zero-order valence-corrected chi connectivity index (χ0v) is 11.6. The lowest BCUT2D eigenvalue weighted by atomic mass is 10.0. The van der Waals surface area contributed by atoms with Crippen molar-refractivity contribution in [3.8, 4) is 0 Å². The van der Waals surface area contributed by atoms with Crippen LogP contribution in [-0.2, 0) is 0 Å². The second kappa shape index (κ2) is 5.75. The van der Waals surface area contributed by atoms with E-state index >= 15 is 0 Å². The first-order valence-electron chi connectivity index (χ1n) is 5.76. The Bertz CT molecular complexity index is 336. The first kappa shape index (κ1) is 13.6. The summed E-state index contributed by atoms with van der Waals surface area (Å²) >= 11 is 1.73. The lowest BCUT2D eigenvalue weighted by molar-refractivity contribution is 0.202. The van der Waals surface area contributed by atoms with E-state index in [0.717, 1.165) is 10.7 Å². The second-order valence-corrected chi connectivity index (χ2v) is 5.84. The number of aliphatic hydroxyl groups is 1. The number of thiazole rings is 1. The Morgan fingerprint density at radius 3 is 2.31 bits per heavy atom. The van der Waals surface area contributed by atoms with Gasteiger partial charge in [-0.1, -0.05) is 13.8 Å². The molecule has 2 unspecified atom stereocenters. The fourth-order valence-corrected chi connectivity index (χ4v) is 2.74. The summed E-state index contributed by atoms with van der Waals surface area (Å²) in [5, 5.41) is 13.9. The number of aromatic nitrogens is 1. The zero-order chi connectivity index (χ0) is 12.3. The zero-order valence-electron chi connectivity index (χ0n) is 10.7. The largest absolute Gasteiger partial charge is 0.395 e. The van der Waals surface area contributed by atoms with E-state index in [9.17, 15) is 5.11 Å². The van der Waals surface area contributed by atoms with Crippen LogP contribution in [0.25, 0.3) is 0 Å². The highest BCUT2D eigenvalue weighted by molar-refractivity contribution is 7.11. The average molecular weight is 242 g/mol. The second-order valence-electron chi connectivity index (χ2n) is 4.60. The fourth-order valence-electron chi connectivity index (χ4n) is 1.80. The highest BCUT2D eigenvalue weighted by Gasteiger charge is 2.18. The van der Waals surface area contributed by atoms with Gasteiger partial charge in [-0.2, -0.15) is 0 Å². The number of hydrogen-bond donors (Lipinski definition) is 2. The van der Waals surface area contributed by atoms with E-state index in [4.69, 9.17) is 0 Å². The number of nitrogens with zero attached hydrogens (tertiary/aromatic N) is 1. The molecule has 0 bridgehead atoms. The van der Waals surface area contributed by atoms with Crippen LogP contribution in [0, 0.1) is 19.8 Å². The van der Waals surface area contributed by atoms with E-state index in [1.807, 2.05) is 13.8 Å². The van der Waals surface area contributed by atoms with Crippen molar-refractivity contribution in [2.75, 3.05) is 6.61 Å². The summed E-state index contributed by atoms with van der Waals surface area (Å²) < 4.78 is 0. The predicted octanol–water partition coefficient (Wildman–Crippen LogP) is 2.43. The van der Waals surface area contributed by atoms with Gasteiger partial charge in [-0.15, -0.1) is 11.3 Å². The molecule has 0 aliphatic carbocycles. The van der Waals surface area contributed by atoms with Gasteiger partial charge in [0, 0.05) is 17.0 Å². The van der Waals surface area contributed by atoms with Gasteiger partial charge in [-0.05, 0) is 26.7 Å². The standard InChI is InChI=1S/C12H22N2OS/c1-7(2)11(6-15)14-9(4)12-8(3)13-10(5)16-12/h7,9,11,14-15H,6H2,1-5H3. The van der Waals surface area contributed by atoms with Gasteiger partial charge in [0.15, 0.2) is 0 Å². The smallest absolute Gasteiger partial charge is 0.0900 e. The Kier molecular flexibility index (Phi) is 4.89. The maximum absolute atomic E-state index is 9.29. The summed E-state index contributed by atoms with van der Waals surface area (Å²) in [7, 11) is 0. The summed E-state index contributed by atoms with van der Waals surface area (Å²) in [4.78, 5) is 5.70. The van der Waals surface area contributed by atoms with Crippen molar-refractivity contribution in [1.82, 2.24) is 10.3 Å². The summed E-state index contributed by atoms with van der Waals surface area (Å²) in [5.74, 6) is 0.432. The van der Waals surface area contributed by atoms with E-state index < -0.39 is 0 Å². The molecule has 0 spiro atoms. The lowest BCUT2D eigenvalue weighted by Gasteiger charge is -2.24. The molecule has 4 heteroatoms. The van der Waals surface area contributed by atoms with Crippen LogP contribution in [0.4, 0.5) is 0 Å². The maximum atomic E-state index is 9.29. The molecule has 0 amide bonds. The monoisotopic (exact) mass is 242 g/mol. The van der Waals surface area contributed by atoms with Crippen molar-refractivity contribution in [2.24, 2.45) is 5.92 Å². The van der Waals surface area contributed by atoms with Crippen LogP contribution in [-0.4, -0.2) is 22.7 Å². The maximum Gasteiger partial charge on any atom is 0.0900 e. The van der Waals surface area contributed by atoms with E-state index in [-0.39, 0.29) is 18.7 Å². The van der Waals surface area contributed by atoms with Gasteiger partial charge < -0.3 is 10.4 Å². The molecule has 1 heterocycles. The number of aryl methyl sites for hydroxylation is 2. The van der Waals surface area contributed by atoms with E-state index in [0.29, 0.717) is 5.92 Å². The van der Waals surface area contributed by atoms with Crippen molar-refractivity contribution in [3.05, 3.63) is 15.6 Å². The molecule has 92 valence electrons. The van der Waals surface area contributed by atoms with Gasteiger partial charge >= 0.3 is 0 Å². The molecule has 3 nitrogen and oxygen atoms in total. The van der Waals surface area contributed by atoms with Gasteiger partial charge in [0.1, 0.15) is 0 Å². The van der Waals surface area contributed by atoms with Crippen LogP contribution in [0.1, 0.15) is 42.4 Å². The Morgan fingerprint density at radius 1 is 1.31 bits per heavy atom. The topological polar surface area (TPSA) is 45.2 Å². The third-order valence-electron chi connectivity index (χ3n) is 2.80. The predicted molar refractivity (Wildman–Crippen MR) is 68.9 cm³/mol. The third-order valence-corrected chi connectivity index (χ3v) is 4.05. The van der Waals surface area contributed by atoms with Crippen LogP contribution in [0.2, 0.25) is 0 Å². The molecular weight excluding hydrogens is 220 g/mol. The molecule has 16 heavy (non-hydrogen) atoms. The van der Waals surface area contributed by atoms with Crippen molar-refractivity contribution < 1.29 is 5.11 Å². The molecule has 1 aromatic heterocycles. The van der Waals surface area contributed by atoms with Crippen molar-refractivity contribution in [3.63, 3.8) is 0 Å². The number of rotatable bonds is 5. The van der Waals surface area contributed by atoms with Crippen molar-refractivity contribution >= 4 is 11.3 Å². The third kappa shape index (κ3) is 3.27. The van der Waals surface area contributed by atoms with Crippen LogP contribution in [0.5, 0.6) is 0 Å². The molecule has 0 aliphatic rings. The molecular formula is C12H22N2OS. The van der Waals surface area contributed by atoms with Gasteiger partial charge in [-0.3, -0.25) is 0 Å². The summed E-state index contributed by atoms with van der Waals surface area (Å²) in [6, 6.07) is 0.405. The van der Waals surface area contributed by atoms with Gasteiger partial charge in [0.25, 0.3) is 0 Å². The Labute approximate surface area is 102 Å². The fraction of sp³-hybridized carbons (Fsp3) is 0.750. The number of aliphatic hydroxyl groups excluding tert-OH is 1. The molecule has 0 radical (unpaired) electrons. The minimum Gasteiger partial charge on any atom is -0.395 e. The van der Waals surface area contributed by atoms with Gasteiger partial charge in [0.05, 0.1) is 17.3 Å². The minimum absolute atomic E-state index is 0.150. The first-order valence-corrected chi connectivity index (χ1v) is 6.58. The molecule has 1 rings (SSSR count). The molecule has 0 saturated carbocycles. The Hall–Kier alpha value is -0.450. The molecule has 0 fully saturated rings. The first-order chi connectivity index (χ1) is 7.45. The summed E-state index contributed by atoms with van der Waals surface area (Å²) in [6.45, 7) is 10.6. The number of nitrogens with one attached hydrogen (secondary N) is 1. The Balaban J connectivity index is 2.71. The molecule has 0 saturated heterocycles. The van der Waals surface area contributed by atoms with Crippen LogP contribution in [0.3, 0.4) is 0 Å².